The number of nitrogens with zero attached hydrogens (tertiary/aromatic N) is 1. The maximum atomic E-state index is 12.4. The molecule has 1 aliphatic heterocycles. The van der Waals surface area contributed by atoms with Crippen molar-refractivity contribution in [1.82, 2.24) is 9.62 Å². The summed E-state index contributed by atoms with van der Waals surface area (Å²) in [5, 5.41) is 9.32. The van der Waals surface area contributed by atoms with Crippen LogP contribution in [0.5, 0.6) is 0 Å². The molecule has 7 heteroatoms. The zero-order chi connectivity index (χ0) is 14.2. The van der Waals surface area contributed by atoms with Gasteiger partial charge in [-0.3, -0.25) is 0 Å². The van der Waals surface area contributed by atoms with Gasteiger partial charge in [-0.1, -0.05) is 0 Å². The van der Waals surface area contributed by atoms with E-state index in [-0.39, 0.29) is 17.5 Å². The predicted molar refractivity (Wildman–Crippen MR) is 70.3 cm³/mol. The SMILES string of the molecule is Cc1oc(C)c(S(=O)(=O)NC2CCN(C)C2)c1CO. The Hall–Kier alpha value is -0.890. The molecule has 6 nitrogen and oxygen atoms in total. The van der Waals surface area contributed by atoms with Crippen molar-refractivity contribution in [1.29, 1.82) is 0 Å². The van der Waals surface area contributed by atoms with E-state index in [4.69, 9.17) is 4.42 Å². The van der Waals surface area contributed by atoms with Gasteiger partial charge in [0.05, 0.1) is 6.61 Å². The van der Waals surface area contributed by atoms with E-state index >= 15 is 0 Å². The first-order chi connectivity index (χ1) is 8.85. The molecule has 1 atom stereocenters. The first-order valence-corrected chi connectivity index (χ1v) is 7.74. The molecule has 0 bridgehead atoms. The fourth-order valence-corrected chi connectivity index (χ4v) is 4.26. The van der Waals surface area contributed by atoms with Crippen molar-refractivity contribution in [3.05, 3.63) is 17.1 Å². The van der Waals surface area contributed by atoms with Gasteiger partial charge in [0, 0.05) is 18.2 Å². The molecule has 1 unspecified atom stereocenters. The van der Waals surface area contributed by atoms with Crippen molar-refractivity contribution < 1.29 is 17.9 Å². The number of likely N-dealkylation sites (N-methyl/N-ethyl adjacent to an activating group) is 1. The molecule has 0 aliphatic carbocycles. The average molecular weight is 288 g/mol. The summed E-state index contributed by atoms with van der Waals surface area (Å²) in [5.74, 6) is 0.768. The highest BCUT2D eigenvalue weighted by molar-refractivity contribution is 7.89. The second kappa shape index (κ2) is 5.24. The largest absolute Gasteiger partial charge is 0.465 e. The van der Waals surface area contributed by atoms with E-state index in [0.717, 1.165) is 13.0 Å². The minimum absolute atomic E-state index is 0.0852. The predicted octanol–water partition coefficient (Wildman–Crippen LogP) is 0.371. The van der Waals surface area contributed by atoms with Crippen LogP contribution >= 0.6 is 0 Å². The Morgan fingerprint density at radius 3 is 2.63 bits per heavy atom. The van der Waals surface area contributed by atoms with Crippen LogP contribution in [0.1, 0.15) is 23.5 Å². The molecule has 0 radical (unpaired) electrons. The van der Waals surface area contributed by atoms with Crippen LogP contribution in [-0.2, 0) is 16.6 Å². The number of furan rings is 1. The Morgan fingerprint density at radius 1 is 1.42 bits per heavy atom. The van der Waals surface area contributed by atoms with Crippen LogP contribution in [0.15, 0.2) is 9.31 Å². The van der Waals surface area contributed by atoms with E-state index in [0.29, 0.717) is 23.6 Å². The lowest BCUT2D eigenvalue weighted by Gasteiger charge is -2.13. The van der Waals surface area contributed by atoms with Crippen LogP contribution in [0.2, 0.25) is 0 Å². The third-order valence-corrected chi connectivity index (χ3v) is 5.18. The summed E-state index contributed by atoms with van der Waals surface area (Å²) in [5.41, 5.74) is 0.344. The maximum Gasteiger partial charge on any atom is 0.244 e. The lowest BCUT2D eigenvalue weighted by molar-refractivity contribution is 0.276. The molecule has 1 aliphatic rings. The molecule has 108 valence electrons. The molecule has 0 amide bonds. The number of aliphatic hydroxyl groups excluding tert-OH is 1. The Bertz CT molecular complexity index is 565. The van der Waals surface area contributed by atoms with E-state index in [2.05, 4.69) is 9.62 Å². The number of aryl methyl sites for hydroxylation is 2. The molecule has 0 saturated carbocycles. The second-order valence-corrected chi connectivity index (χ2v) is 6.70. The monoisotopic (exact) mass is 288 g/mol. The van der Waals surface area contributed by atoms with Gasteiger partial charge >= 0.3 is 0 Å². The van der Waals surface area contributed by atoms with Crippen LogP contribution in [0, 0.1) is 13.8 Å². The Labute approximate surface area is 113 Å². The zero-order valence-electron chi connectivity index (χ0n) is 11.4. The quantitative estimate of drug-likeness (QED) is 0.836. The number of nitrogens with one attached hydrogen (secondary N) is 1. The number of sulfonamides is 1. The molecule has 1 aromatic rings. The third kappa shape index (κ3) is 2.84. The maximum absolute atomic E-state index is 12.4. The summed E-state index contributed by atoms with van der Waals surface area (Å²) in [7, 11) is -1.69. The summed E-state index contributed by atoms with van der Waals surface area (Å²) in [6.45, 7) is 4.49. The van der Waals surface area contributed by atoms with Crippen molar-refractivity contribution in [3.63, 3.8) is 0 Å². The van der Waals surface area contributed by atoms with Crippen LogP contribution in [0.25, 0.3) is 0 Å². The summed E-state index contributed by atoms with van der Waals surface area (Å²) < 4.78 is 32.8. The zero-order valence-corrected chi connectivity index (χ0v) is 12.2. The van der Waals surface area contributed by atoms with Gasteiger partial charge in [0.2, 0.25) is 10.0 Å². The van der Waals surface area contributed by atoms with Crippen molar-refractivity contribution >= 4 is 10.0 Å². The standard InChI is InChI=1S/C12H20N2O4S/c1-8-11(7-15)12(9(2)18-8)19(16,17)13-10-4-5-14(3)6-10/h10,13,15H,4-7H2,1-3H3. The van der Waals surface area contributed by atoms with Crippen LogP contribution < -0.4 is 4.72 Å². The number of likely N-dealkylation sites (tertiary alicyclic amines) is 1. The normalized spacial score (nSPS) is 21.2. The molecular formula is C12H20N2O4S. The van der Waals surface area contributed by atoms with Gasteiger partial charge < -0.3 is 14.4 Å². The van der Waals surface area contributed by atoms with Gasteiger partial charge in [-0.25, -0.2) is 13.1 Å². The van der Waals surface area contributed by atoms with Gasteiger partial charge in [-0.2, -0.15) is 0 Å². The molecule has 2 rings (SSSR count). The molecular weight excluding hydrogens is 268 g/mol. The van der Waals surface area contributed by atoms with E-state index in [1.54, 1.807) is 13.8 Å². The minimum atomic E-state index is -3.65. The first-order valence-electron chi connectivity index (χ1n) is 6.25. The van der Waals surface area contributed by atoms with Crippen molar-refractivity contribution in [2.75, 3.05) is 20.1 Å². The van der Waals surface area contributed by atoms with Gasteiger partial charge in [0.25, 0.3) is 0 Å². The van der Waals surface area contributed by atoms with Crippen LogP contribution in [0.4, 0.5) is 0 Å². The van der Waals surface area contributed by atoms with E-state index < -0.39 is 10.0 Å². The Balaban J connectivity index is 2.29. The lowest BCUT2D eigenvalue weighted by atomic mass is 10.2. The van der Waals surface area contributed by atoms with Gasteiger partial charge in [0.1, 0.15) is 16.4 Å². The highest BCUT2D eigenvalue weighted by Gasteiger charge is 2.30. The number of rotatable bonds is 4. The number of aliphatic hydroxyl groups is 1. The Morgan fingerprint density at radius 2 is 2.11 bits per heavy atom. The van der Waals surface area contributed by atoms with Crippen LogP contribution in [-0.4, -0.2) is 44.6 Å². The molecule has 2 heterocycles. The van der Waals surface area contributed by atoms with Crippen molar-refractivity contribution in [2.45, 2.75) is 37.8 Å². The van der Waals surface area contributed by atoms with Crippen molar-refractivity contribution in [2.24, 2.45) is 0 Å². The van der Waals surface area contributed by atoms with E-state index in [1.165, 1.54) is 0 Å². The van der Waals surface area contributed by atoms with Gasteiger partial charge in [-0.05, 0) is 33.9 Å². The summed E-state index contributed by atoms with van der Waals surface area (Å²) in [6.07, 6.45) is 0.792. The van der Waals surface area contributed by atoms with Gasteiger partial charge in [-0.15, -0.1) is 0 Å². The molecule has 19 heavy (non-hydrogen) atoms. The smallest absolute Gasteiger partial charge is 0.244 e. The van der Waals surface area contributed by atoms with E-state index in [1.807, 2.05) is 7.05 Å². The minimum Gasteiger partial charge on any atom is -0.465 e. The summed E-state index contributed by atoms with van der Waals surface area (Å²) >= 11 is 0. The van der Waals surface area contributed by atoms with Crippen molar-refractivity contribution in [3.8, 4) is 0 Å². The fraction of sp³-hybridized carbons (Fsp3) is 0.667. The van der Waals surface area contributed by atoms with E-state index in [9.17, 15) is 13.5 Å². The second-order valence-electron chi connectivity index (χ2n) is 5.05. The average Bonchev–Trinajstić information content (AvgIpc) is 2.81. The van der Waals surface area contributed by atoms with Crippen LogP contribution in [0.3, 0.4) is 0 Å². The van der Waals surface area contributed by atoms with Gasteiger partial charge in [0.15, 0.2) is 0 Å². The molecule has 1 aromatic heterocycles. The first kappa shape index (κ1) is 14.5. The molecule has 1 saturated heterocycles. The molecule has 0 aromatic carbocycles. The number of hydrogen-bond acceptors (Lipinski definition) is 5. The molecule has 2 N–H and O–H groups in total. The Kier molecular flexibility index (Phi) is 4.00. The third-order valence-electron chi connectivity index (χ3n) is 3.47. The lowest BCUT2D eigenvalue weighted by Crippen LogP contribution is -2.37. The highest BCUT2D eigenvalue weighted by Crippen LogP contribution is 2.27. The molecule has 0 spiro atoms. The number of hydrogen-bond donors (Lipinski definition) is 2. The fourth-order valence-electron chi connectivity index (χ4n) is 2.55. The summed E-state index contributed by atoms with van der Waals surface area (Å²) in [6, 6.07) is -0.0869. The summed E-state index contributed by atoms with van der Waals surface area (Å²) in [4.78, 5) is 2.16. The highest BCUT2D eigenvalue weighted by atomic mass is 32.2. The topological polar surface area (TPSA) is 82.8 Å². The molecule has 1 fully saturated rings.